The van der Waals surface area contributed by atoms with Crippen molar-refractivity contribution in [2.45, 2.75) is 32.6 Å². The Morgan fingerprint density at radius 2 is 1.96 bits per heavy atom. The Morgan fingerprint density at radius 1 is 1.19 bits per heavy atom. The second-order valence-corrected chi connectivity index (χ2v) is 8.87. The van der Waals surface area contributed by atoms with E-state index in [1.165, 1.54) is 27.6 Å². The van der Waals surface area contributed by atoms with E-state index >= 15 is 0 Å². The Labute approximate surface area is 170 Å². The number of fused-ring (bicyclic) bond motifs is 2. The maximum absolute atomic E-state index is 12.9. The van der Waals surface area contributed by atoms with Gasteiger partial charge in [0.1, 0.15) is 9.88 Å². The Kier molecular flexibility index (Phi) is 5.21. The fourth-order valence-corrected chi connectivity index (χ4v) is 6.08. The quantitative estimate of drug-likeness (QED) is 0.533. The van der Waals surface area contributed by atoms with Gasteiger partial charge in [-0.25, -0.2) is 4.79 Å². The predicted molar refractivity (Wildman–Crippen MR) is 112 cm³/mol. The molecule has 0 saturated heterocycles. The average Bonchev–Trinajstić information content (AvgIpc) is 3.20. The van der Waals surface area contributed by atoms with E-state index in [0.29, 0.717) is 27.1 Å². The molecular weight excluding hydrogens is 402 g/mol. The molecule has 4 rings (SSSR count). The van der Waals surface area contributed by atoms with Crippen LogP contribution in [0.5, 0.6) is 0 Å². The Morgan fingerprint density at radius 3 is 2.74 bits per heavy atom. The van der Waals surface area contributed by atoms with Crippen molar-refractivity contribution in [3.63, 3.8) is 0 Å². The zero-order chi connectivity index (χ0) is 19.0. The van der Waals surface area contributed by atoms with E-state index in [9.17, 15) is 9.59 Å². The summed E-state index contributed by atoms with van der Waals surface area (Å²) in [5, 5.41) is 4.82. The van der Waals surface area contributed by atoms with Gasteiger partial charge >= 0.3 is 5.97 Å². The lowest BCUT2D eigenvalue weighted by Crippen LogP contribution is -2.15. The summed E-state index contributed by atoms with van der Waals surface area (Å²) in [5.41, 5.74) is 1.55. The number of hydrogen-bond donors (Lipinski definition) is 1. The van der Waals surface area contributed by atoms with Crippen LogP contribution in [0.15, 0.2) is 24.3 Å². The van der Waals surface area contributed by atoms with Crippen molar-refractivity contribution < 1.29 is 14.3 Å². The fraction of sp³-hybridized carbons (Fsp3) is 0.300. The third-order valence-electron chi connectivity index (χ3n) is 4.62. The molecule has 1 aromatic carbocycles. The van der Waals surface area contributed by atoms with Crippen molar-refractivity contribution >= 4 is 61.2 Å². The van der Waals surface area contributed by atoms with E-state index in [1.807, 2.05) is 24.3 Å². The zero-order valence-electron chi connectivity index (χ0n) is 14.8. The van der Waals surface area contributed by atoms with E-state index in [2.05, 4.69) is 5.32 Å². The van der Waals surface area contributed by atoms with Gasteiger partial charge in [0, 0.05) is 15.0 Å². The highest BCUT2D eigenvalue weighted by atomic mass is 35.5. The molecule has 140 valence electrons. The van der Waals surface area contributed by atoms with Crippen LogP contribution in [0.2, 0.25) is 5.02 Å². The van der Waals surface area contributed by atoms with Crippen LogP contribution < -0.4 is 5.32 Å². The lowest BCUT2D eigenvalue weighted by Gasteiger charge is -2.12. The van der Waals surface area contributed by atoms with E-state index in [1.54, 1.807) is 6.92 Å². The van der Waals surface area contributed by atoms with Crippen LogP contribution in [0.25, 0.3) is 10.1 Å². The van der Waals surface area contributed by atoms with Crippen molar-refractivity contribution in [3.05, 3.63) is 50.2 Å². The summed E-state index contributed by atoms with van der Waals surface area (Å²) in [6.07, 6.45) is 3.93. The molecule has 0 saturated carbocycles. The molecule has 7 heteroatoms. The number of halogens is 1. The van der Waals surface area contributed by atoms with Gasteiger partial charge in [0.15, 0.2) is 0 Å². The van der Waals surface area contributed by atoms with Crippen molar-refractivity contribution in [2.24, 2.45) is 0 Å². The van der Waals surface area contributed by atoms with Crippen LogP contribution in [0.3, 0.4) is 0 Å². The number of nitrogens with one attached hydrogen (secondary N) is 1. The first-order chi connectivity index (χ1) is 13.1. The molecule has 0 unspecified atom stereocenters. The number of aryl methyl sites for hydroxylation is 1. The molecule has 2 heterocycles. The number of carbonyl (C=O) groups excluding carboxylic acids is 2. The van der Waals surface area contributed by atoms with E-state index < -0.39 is 0 Å². The van der Waals surface area contributed by atoms with Gasteiger partial charge in [-0.3, -0.25) is 4.79 Å². The van der Waals surface area contributed by atoms with Gasteiger partial charge in [-0.2, -0.15) is 0 Å². The number of rotatable bonds is 4. The Bertz CT molecular complexity index is 1040. The summed E-state index contributed by atoms with van der Waals surface area (Å²) in [5.74, 6) is -0.653. The fourth-order valence-electron chi connectivity index (χ4n) is 3.39. The molecule has 3 aromatic rings. The van der Waals surface area contributed by atoms with Crippen LogP contribution in [-0.2, 0) is 17.6 Å². The summed E-state index contributed by atoms with van der Waals surface area (Å²) >= 11 is 9.27. The average molecular weight is 420 g/mol. The number of ether oxygens (including phenoxy) is 1. The molecule has 27 heavy (non-hydrogen) atoms. The first kappa shape index (κ1) is 18.5. The first-order valence-corrected chi connectivity index (χ1v) is 10.9. The van der Waals surface area contributed by atoms with E-state index in [-0.39, 0.29) is 11.9 Å². The van der Waals surface area contributed by atoms with E-state index in [0.717, 1.165) is 41.3 Å². The summed E-state index contributed by atoms with van der Waals surface area (Å²) in [7, 11) is 0. The molecule has 0 aliphatic heterocycles. The van der Waals surface area contributed by atoms with Crippen LogP contribution in [0, 0.1) is 0 Å². The van der Waals surface area contributed by atoms with Gasteiger partial charge < -0.3 is 10.1 Å². The summed E-state index contributed by atoms with van der Waals surface area (Å²) in [4.78, 5) is 27.1. The van der Waals surface area contributed by atoms with Crippen molar-refractivity contribution in [2.75, 3.05) is 11.9 Å². The van der Waals surface area contributed by atoms with Crippen LogP contribution in [0.1, 0.15) is 50.2 Å². The highest BCUT2D eigenvalue weighted by molar-refractivity contribution is 7.22. The summed E-state index contributed by atoms with van der Waals surface area (Å²) in [6.45, 7) is 2.09. The second kappa shape index (κ2) is 7.62. The first-order valence-electron chi connectivity index (χ1n) is 8.90. The summed E-state index contributed by atoms with van der Waals surface area (Å²) in [6, 6.07) is 7.66. The predicted octanol–water partition coefficient (Wildman–Crippen LogP) is 5.92. The van der Waals surface area contributed by atoms with Crippen LogP contribution in [0.4, 0.5) is 5.00 Å². The Balaban J connectivity index is 1.71. The number of carbonyl (C=O) groups is 2. The highest BCUT2D eigenvalue weighted by Gasteiger charge is 2.28. The van der Waals surface area contributed by atoms with Gasteiger partial charge in [-0.1, -0.05) is 29.8 Å². The molecule has 1 aliphatic rings. The number of anilines is 1. The third-order valence-corrected chi connectivity index (χ3v) is 7.50. The zero-order valence-corrected chi connectivity index (χ0v) is 17.2. The number of esters is 1. The topological polar surface area (TPSA) is 55.4 Å². The van der Waals surface area contributed by atoms with Gasteiger partial charge in [0.2, 0.25) is 0 Å². The highest BCUT2D eigenvalue weighted by Crippen LogP contribution is 2.40. The smallest absolute Gasteiger partial charge is 0.341 e. The molecule has 0 fully saturated rings. The molecule has 0 spiro atoms. The maximum atomic E-state index is 12.9. The molecule has 1 N–H and O–H groups in total. The van der Waals surface area contributed by atoms with Crippen molar-refractivity contribution in [1.82, 2.24) is 0 Å². The lowest BCUT2D eigenvalue weighted by atomic mass is 9.95. The largest absolute Gasteiger partial charge is 0.462 e. The van der Waals surface area contributed by atoms with Gasteiger partial charge in [0.05, 0.1) is 17.2 Å². The number of benzene rings is 1. The molecule has 2 aromatic heterocycles. The number of hydrogen-bond acceptors (Lipinski definition) is 5. The number of thiophene rings is 2. The minimum absolute atomic E-state index is 0.287. The van der Waals surface area contributed by atoms with Gasteiger partial charge in [-0.05, 0) is 44.2 Å². The third kappa shape index (κ3) is 3.37. The molecular formula is C20H18ClNO3S2. The van der Waals surface area contributed by atoms with Gasteiger partial charge in [0.25, 0.3) is 5.91 Å². The minimum atomic E-state index is -0.366. The normalized spacial score (nSPS) is 13.4. The van der Waals surface area contributed by atoms with Crippen LogP contribution >= 0.6 is 34.3 Å². The Hall–Kier alpha value is -1.89. The maximum Gasteiger partial charge on any atom is 0.341 e. The molecule has 0 bridgehead atoms. The summed E-state index contributed by atoms with van der Waals surface area (Å²) < 4.78 is 6.21. The lowest BCUT2D eigenvalue weighted by molar-refractivity contribution is 0.0526. The number of amides is 1. The van der Waals surface area contributed by atoms with Crippen LogP contribution in [-0.4, -0.2) is 18.5 Å². The molecule has 0 atom stereocenters. The van der Waals surface area contributed by atoms with Crippen molar-refractivity contribution in [1.29, 1.82) is 0 Å². The SMILES string of the molecule is CCOC(=O)c1c(NC(=O)c2sc3ccccc3c2Cl)sc2c1CCCC2. The second-order valence-electron chi connectivity index (χ2n) is 6.33. The molecule has 0 radical (unpaired) electrons. The molecule has 4 nitrogen and oxygen atoms in total. The van der Waals surface area contributed by atoms with E-state index in [4.69, 9.17) is 16.3 Å². The monoisotopic (exact) mass is 419 g/mol. The van der Waals surface area contributed by atoms with Gasteiger partial charge in [-0.15, -0.1) is 22.7 Å². The standard InChI is InChI=1S/C20H18ClNO3S2/c1-2-25-20(24)15-11-7-3-5-9-13(11)27-19(15)22-18(23)17-16(21)12-8-4-6-10-14(12)26-17/h4,6,8,10H,2-3,5,7,9H2,1H3,(H,22,23). The molecule has 1 aliphatic carbocycles. The van der Waals surface area contributed by atoms with Crippen molar-refractivity contribution in [3.8, 4) is 0 Å². The molecule has 1 amide bonds. The minimum Gasteiger partial charge on any atom is -0.462 e.